The molecule has 0 aromatic rings. The van der Waals surface area contributed by atoms with Gasteiger partial charge in [-0.2, -0.15) is 0 Å². The normalized spacial score (nSPS) is 34.6. The third-order valence-corrected chi connectivity index (χ3v) is 1.61. The molecule has 0 bridgehead atoms. The van der Waals surface area contributed by atoms with Crippen molar-refractivity contribution in [1.82, 2.24) is 5.06 Å². The lowest BCUT2D eigenvalue weighted by molar-refractivity contribution is -0.217. The standard InChI is InChI=1S/C5H8FNO3/c6-5(4(8)9)2-1-3-7(5)10/h10H,1-3H2,(H,8,9)/t5-/m1/s1. The number of aliphatic carboxylic acids is 1. The van der Waals surface area contributed by atoms with Gasteiger partial charge in [-0.15, -0.1) is 5.06 Å². The van der Waals surface area contributed by atoms with Crippen LogP contribution in [0.2, 0.25) is 0 Å². The molecule has 0 aliphatic carbocycles. The molecule has 1 saturated heterocycles. The van der Waals surface area contributed by atoms with E-state index in [9.17, 15) is 9.18 Å². The summed E-state index contributed by atoms with van der Waals surface area (Å²) < 4.78 is 12.9. The smallest absolute Gasteiger partial charge is 0.359 e. The van der Waals surface area contributed by atoms with Crippen LogP contribution >= 0.6 is 0 Å². The fourth-order valence-electron chi connectivity index (χ4n) is 0.987. The predicted octanol–water partition coefficient (Wildman–Crippen LogP) is 0.222. The second-order valence-corrected chi connectivity index (χ2v) is 2.29. The Morgan fingerprint density at radius 1 is 1.70 bits per heavy atom. The molecule has 1 heterocycles. The zero-order valence-corrected chi connectivity index (χ0v) is 5.25. The van der Waals surface area contributed by atoms with Gasteiger partial charge in [0.15, 0.2) is 0 Å². The summed E-state index contributed by atoms with van der Waals surface area (Å²) in [6.07, 6.45) is 0.234. The van der Waals surface area contributed by atoms with Crippen LogP contribution in [0.3, 0.4) is 0 Å². The van der Waals surface area contributed by atoms with Crippen LogP contribution in [-0.4, -0.2) is 33.7 Å². The first-order valence-corrected chi connectivity index (χ1v) is 2.96. The quantitative estimate of drug-likeness (QED) is 0.523. The molecule has 0 aromatic heterocycles. The van der Waals surface area contributed by atoms with Crippen molar-refractivity contribution in [2.24, 2.45) is 0 Å². The van der Waals surface area contributed by atoms with E-state index in [0.717, 1.165) is 0 Å². The Morgan fingerprint density at radius 2 is 2.30 bits per heavy atom. The molecule has 1 rings (SSSR count). The van der Waals surface area contributed by atoms with Crippen LogP contribution in [0.4, 0.5) is 4.39 Å². The average molecular weight is 149 g/mol. The van der Waals surface area contributed by atoms with Crippen molar-refractivity contribution in [2.45, 2.75) is 18.6 Å². The summed E-state index contributed by atoms with van der Waals surface area (Å²) in [7, 11) is 0. The van der Waals surface area contributed by atoms with E-state index >= 15 is 0 Å². The largest absolute Gasteiger partial charge is 0.478 e. The van der Waals surface area contributed by atoms with Gasteiger partial charge in [0.2, 0.25) is 0 Å². The summed E-state index contributed by atoms with van der Waals surface area (Å²) >= 11 is 0. The summed E-state index contributed by atoms with van der Waals surface area (Å²) in [5.74, 6) is -4.16. The molecular formula is C5H8FNO3. The summed E-state index contributed by atoms with van der Waals surface area (Å²) in [5, 5.41) is 17.2. The maximum absolute atomic E-state index is 12.9. The van der Waals surface area contributed by atoms with Crippen molar-refractivity contribution in [2.75, 3.05) is 6.54 Å². The molecule has 1 aliphatic rings. The second kappa shape index (κ2) is 2.17. The Labute approximate surface area is 56.8 Å². The van der Waals surface area contributed by atoms with Crippen LogP contribution < -0.4 is 0 Å². The molecule has 0 unspecified atom stereocenters. The van der Waals surface area contributed by atoms with E-state index in [-0.39, 0.29) is 18.0 Å². The van der Waals surface area contributed by atoms with E-state index in [1.807, 2.05) is 0 Å². The first-order chi connectivity index (χ1) is 4.57. The van der Waals surface area contributed by atoms with E-state index in [1.54, 1.807) is 0 Å². The molecule has 10 heavy (non-hydrogen) atoms. The van der Waals surface area contributed by atoms with Crippen molar-refractivity contribution in [3.05, 3.63) is 0 Å². The lowest BCUT2D eigenvalue weighted by Gasteiger charge is -2.19. The zero-order valence-electron chi connectivity index (χ0n) is 5.25. The molecule has 4 nitrogen and oxygen atoms in total. The molecule has 1 aliphatic heterocycles. The minimum Gasteiger partial charge on any atom is -0.478 e. The summed E-state index contributed by atoms with van der Waals surface area (Å²) in [5.41, 5.74) is 0. The first-order valence-electron chi connectivity index (χ1n) is 2.96. The van der Waals surface area contributed by atoms with E-state index < -0.39 is 11.8 Å². The van der Waals surface area contributed by atoms with Gasteiger partial charge < -0.3 is 10.3 Å². The van der Waals surface area contributed by atoms with Crippen LogP contribution in [0.1, 0.15) is 12.8 Å². The molecule has 0 spiro atoms. The minimum atomic E-state index is -2.54. The number of hydrogen-bond acceptors (Lipinski definition) is 3. The minimum absolute atomic E-state index is 0.0861. The van der Waals surface area contributed by atoms with Crippen LogP contribution in [0.25, 0.3) is 0 Å². The van der Waals surface area contributed by atoms with Gasteiger partial charge in [-0.25, -0.2) is 9.18 Å². The Hall–Kier alpha value is -0.680. The Morgan fingerprint density at radius 3 is 2.50 bits per heavy atom. The molecule has 0 saturated carbocycles. The Bertz CT molecular complexity index is 163. The second-order valence-electron chi connectivity index (χ2n) is 2.29. The fourth-order valence-corrected chi connectivity index (χ4v) is 0.987. The molecule has 0 aromatic carbocycles. The first kappa shape index (κ1) is 7.43. The van der Waals surface area contributed by atoms with Crippen LogP contribution in [0, 0.1) is 0 Å². The van der Waals surface area contributed by atoms with Crippen molar-refractivity contribution in [3.8, 4) is 0 Å². The maximum Gasteiger partial charge on any atom is 0.359 e. The lowest BCUT2D eigenvalue weighted by Crippen LogP contribution is -2.44. The SMILES string of the molecule is O=C(O)[C@@]1(F)CCCN1O. The van der Waals surface area contributed by atoms with Gasteiger partial charge in [-0.1, -0.05) is 0 Å². The number of alkyl halides is 1. The highest BCUT2D eigenvalue weighted by Crippen LogP contribution is 2.28. The highest BCUT2D eigenvalue weighted by atomic mass is 19.1. The number of hydrogen-bond donors (Lipinski definition) is 2. The fraction of sp³-hybridized carbons (Fsp3) is 0.800. The monoisotopic (exact) mass is 149 g/mol. The topological polar surface area (TPSA) is 60.8 Å². The molecule has 1 atom stereocenters. The van der Waals surface area contributed by atoms with Crippen molar-refractivity contribution in [3.63, 3.8) is 0 Å². The van der Waals surface area contributed by atoms with Gasteiger partial charge in [0.1, 0.15) is 0 Å². The third kappa shape index (κ3) is 0.871. The van der Waals surface area contributed by atoms with Gasteiger partial charge in [-0.3, -0.25) is 0 Å². The lowest BCUT2D eigenvalue weighted by atomic mass is 10.2. The average Bonchev–Trinajstić information content (AvgIpc) is 2.15. The summed E-state index contributed by atoms with van der Waals surface area (Å²) in [4.78, 5) is 10.2. The van der Waals surface area contributed by atoms with E-state index in [1.165, 1.54) is 0 Å². The summed E-state index contributed by atoms with van der Waals surface area (Å²) in [6.45, 7) is 0.0861. The third-order valence-electron chi connectivity index (χ3n) is 1.61. The summed E-state index contributed by atoms with van der Waals surface area (Å²) in [6, 6.07) is 0. The number of carbonyl (C=O) groups is 1. The van der Waals surface area contributed by atoms with Gasteiger partial charge in [-0.05, 0) is 6.42 Å². The van der Waals surface area contributed by atoms with E-state index in [2.05, 4.69) is 0 Å². The number of halogens is 1. The molecule has 0 amide bonds. The highest BCUT2D eigenvalue weighted by Gasteiger charge is 2.48. The maximum atomic E-state index is 12.9. The van der Waals surface area contributed by atoms with Crippen molar-refractivity contribution >= 4 is 5.97 Å². The molecular weight excluding hydrogens is 141 g/mol. The van der Waals surface area contributed by atoms with E-state index in [4.69, 9.17) is 10.3 Å². The van der Waals surface area contributed by atoms with Crippen LogP contribution in [0.15, 0.2) is 0 Å². The zero-order chi connectivity index (χ0) is 7.78. The Balaban J connectivity index is 2.75. The highest BCUT2D eigenvalue weighted by molar-refractivity contribution is 5.76. The number of hydroxylamine groups is 2. The van der Waals surface area contributed by atoms with Crippen molar-refractivity contribution < 1.29 is 19.5 Å². The number of rotatable bonds is 1. The van der Waals surface area contributed by atoms with E-state index in [0.29, 0.717) is 6.42 Å². The van der Waals surface area contributed by atoms with Gasteiger partial charge in [0.25, 0.3) is 5.79 Å². The van der Waals surface area contributed by atoms with Crippen molar-refractivity contribution in [1.29, 1.82) is 0 Å². The molecule has 1 fully saturated rings. The molecule has 2 N–H and O–H groups in total. The molecule has 5 heteroatoms. The van der Waals surface area contributed by atoms with Crippen LogP contribution in [-0.2, 0) is 4.79 Å². The molecule has 0 radical (unpaired) electrons. The predicted molar refractivity (Wildman–Crippen MR) is 29.2 cm³/mol. The number of carboxylic acids is 1. The van der Waals surface area contributed by atoms with Gasteiger partial charge in [0.05, 0.1) is 0 Å². The van der Waals surface area contributed by atoms with Gasteiger partial charge >= 0.3 is 5.97 Å². The molecule has 58 valence electrons. The van der Waals surface area contributed by atoms with Gasteiger partial charge in [0, 0.05) is 13.0 Å². The number of nitrogens with zero attached hydrogens (tertiary/aromatic N) is 1. The number of carboxylic acid groups (broad SMARTS) is 1. The van der Waals surface area contributed by atoms with Crippen LogP contribution in [0.5, 0.6) is 0 Å². The Kier molecular flexibility index (Phi) is 1.61.